The lowest BCUT2D eigenvalue weighted by Gasteiger charge is -2.08. The van der Waals surface area contributed by atoms with Gasteiger partial charge in [0.15, 0.2) is 0 Å². The van der Waals surface area contributed by atoms with Gasteiger partial charge in [-0.2, -0.15) is 0 Å². The van der Waals surface area contributed by atoms with E-state index in [1.807, 2.05) is 72.8 Å². The second-order valence-electron chi connectivity index (χ2n) is 5.78. The van der Waals surface area contributed by atoms with E-state index in [2.05, 4.69) is 5.32 Å². The van der Waals surface area contributed by atoms with Crippen molar-refractivity contribution >= 4 is 6.09 Å². The summed E-state index contributed by atoms with van der Waals surface area (Å²) >= 11 is 0. The molecule has 132 valence electrons. The van der Waals surface area contributed by atoms with Crippen molar-refractivity contribution in [1.82, 2.24) is 5.32 Å². The fraction of sp³-hybridized carbons (Fsp3) is 0.136. The number of rotatable bonds is 7. The monoisotopic (exact) mass is 347 g/mol. The van der Waals surface area contributed by atoms with Gasteiger partial charge in [-0.3, -0.25) is 0 Å². The summed E-state index contributed by atoms with van der Waals surface area (Å²) in [4.78, 5) is 11.8. The minimum Gasteiger partial charge on any atom is -0.493 e. The summed E-state index contributed by atoms with van der Waals surface area (Å²) in [5, 5.41) is 2.73. The van der Waals surface area contributed by atoms with Gasteiger partial charge in [0.2, 0.25) is 0 Å². The predicted molar refractivity (Wildman–Crippen MR) is 101 cm³/mol. The maximum atomic E-state index is 11.8. The van der Waals surface area contributed by atoms with Crippen LogP contribution in [0, 0.1) is 0 Å². The minimum atomic E-state index is -0.464. The molecule has 0 aliphatic rings. The van der Waals surface area contributed by atoms with Gasteiger partial charge in [0.1, 0.15) is 11.5 Å². The lowest BCUT2D eigenvalue weighted by Crippen LogP contribution is -2.26. The van der Waals surface area contributed by atoms with Crippen LogP contribution in [0.1, 0.15) is 11.1 Å². The Morgan fingerprint density at radius 3 is 2.08 bits per heavy atom. The van der Waals surface area contributed by atoms with Crippen LogP contribution in [0.2, 0.25) is 0 Å². The summed E-state index contributed by atoms with van der Waals surface area (Å²) in [6.07, 6.45) is 0.323. The topological polar surface area (TPSA) is 47.6 Å². The van der Waals surface area contributed by atoms with Gasteiger partial charge in [0, 0.05) is 13.0 Å². The van der Waals surface area contributed by atoms with Crippen LogP contribution in [0.5, 0.6) is 11.5 Å². The maximum Gasteiger partial charge on any atom is 0.412 e. The number of nitrogens with one attached hydrogen (secondary N) is 1. The van der Waals surface area contributed by atoms with E-state index < -0.39 is 6.09 Å². The molecule has 0 saturated heterocycles. The summed E-state index contributed by atoms with van der Waals surface area (Å²) in [6, 6.07) is 26.9. The molecule has 4 heteroatoms. The van der Waals surface area contributed by atoms with Crippen LogP contribution in [0.15, 0.2) is 84.9 Å². The Bertz CT molecular complexity index is 802. The van der Waals surface area contributed by atoms with E-state index in [4.69, 9.17) is 9.47 Å². The first-order chi connectivity index (χ1) is 12.8. The average molecular weight is 347 g/mol. The summed E-state index contributed by atoms with van der Waals surface area (Å²) < 4.78 is 11.0. The van der Waals surface area contributed by atoms with E-state index in [-0.39, 0.29) is 0 Å². The summed E-state index contributed by atoms with van der Waals surface area (Å²) in [5.41, 5.74) is 2.15. The van der Waals surface area contributed by atoms with Gasteiger partial charge in [-0.15, -0.1) is 0 Å². The lowest BCUT2D eigenvalue weighted by atomic mass is 10.1. The molecule has 3 rings (SSSR count). The number of hydrogen-bond donors (Lipinski definition) is 1. The predicted octanol–water partition coefficient (Wildman–Crippen LogP) is 4.60. The van der Waals surface area contributed by atoms with Gasteiger partial charge in [-0.25, -0.2) is 4.79 Å². The fourth-order valence-electron chi connectivity index (χ4n) is 2.44. The quantitative estimate of drug-likeness (QED) is 0.680. The van der Waals surface area contributed by atoms with Crippen molar-refractivity contribution in [2.24, 2.45) is 0 Å². The Morgan fingerprint density at radius 1 is 0.731 bits per heavy atom. The molecule has 0 atom stereocenters. The van der Waals surface area contributed by atoms with E-state index >= 15 is 0 Å². The average Bonchev–Trinajstić information content (AvgIpc) is 2.69. The zero-order chi connectivity index (χ0) is 18.0. The van der Waals surface area contributed by atoms with Crippen LogP contribution in [-0.4, -0.2) is 12.7 Å². The molecule has 4 nitrogen and oxygen atoms in total. The van der Waals surface area contributed by atoms with Crippen molar-refractivity contribution in [2.45, 2.75) is 13.0 Å². The third-order valence-corrected chi connectivity index (χ3v) is 3.82. The standard InChI is InChI=1S/C22H21NO3/c24-22(23-17-19-7-3-1-4-8-19)26-21-13-11-18(12-14-21)15-16-25-20-9-5-2-6-10-20/h1-14H,15-17H2,(H,23,24). The molecule has 0 aliphatic carbocycles. The van der Waals surface area contributed by atoms with Crippen LogP contribution < -0.4 is 14.8 Å². The molecular formula is C22H21NO3. The Morgan fingerprint density at radius 2 is 1.38 bits per heavy atom. The van der Waals surface area contributed by atoms with E-state index in [0.29, 0.717) is 18.9 Å². The number of para-hydroxylation sites is 1. The van der Waals surface area contributed by atoms with Gasteiger partial charge in [-0.1, -0.05) is 60.7 Å². The van der Waals surface area contributed by atoms with Crippen molar-refractivity contribution in [1.29, 1.82) is 0 Å². The molecular weight excluding hydrogens is 326 g/mol. The Kier molecular flexibility index (Phi) is 6.26. The molecule has 0 unspecified atom stereocenters. The van der Waals surface area contributed by atoms with E-state index in [0.717, 1.165) is 23.3 Å². The number of amides is 1. The fourth-order valence-corrected chi connectivity index (χ4v) is 2.44. The molecule has 0 saturated carbocycles. The van der Waals surface area contributed by atoms with E-state index in [9.17, 15) is 4.79 Å². The van der Waals surface area contributed by atoms with Crippen LogP contribution >= 0.6 is 0 Å². The highest BCUT2D eigenvalue weighted by Crippen LogP contribution is 2.14. The number of carbonyl (C=O) groups is 1. The van der Waals surface area contributed by atoms with Crippen molar-refractivity contribution in [3.05, 3.63) is 96.1 Å². The van der Waals surface area contributed by atoms with Crippen molar-refractivity contribution in [2.75, 3.05) is 6.61 Å². The maximum absolute atomic E-state index is 11.8. The van der Waals surface area contributed by atoms with Gasteiger partial charge >= 0.3 is 6.09 Å². The van der Waals surface area contributed by atoms with Crippen LogP contribution in [0.3, 0.4) is 0 Å². The van der Waals surface area contributed by atoms with Crippen LogP contribution in [0.4, 0.5) is 4.79 Å². The first-order valence-electron chi connectivity index (χ1n) is 8.56. The largest absolute Gasteiger partial charge is 0.493 e. The highest BCUT2D eigenvalue weighted by molar-refractivity contribution is 5.70. The van der Waals surface area contributed by atoms with Gasteiger partial charge < -0.3 is 14.8 Å². The molecule has 26 heavy (non-hydrogen) atoms. The number of hydrogen-bond acceptors (Lipinski definition) is 3. The molecule has 0 bridgehead atoms. The first kappa shape index (κ1) is 17.5. The lowest BCUT2D eigenvalue weighted by molar-refractivity contribution is 0.200. The second-order valence-corrected chi connectivity index (χ2v) is 5.78. The molecule has 3 aromatic carbocycles. The number of carbonyl (C=O) groups excluding carboxylic acids is 1. The van der Waals surface area contributed by atoms with Gasteiger partial charge in [0.25, 0.3) is 0 Å². The smallest absolute Gasteiger partial charge is 0.412 e. The molecule has 1 amide bonds. The minimum absolute atomic E-state index is 0.439. The van der Waals surface area contributed by atoms with Gasteiger partial charge in [0.05, 0.1) is 6.61 Å². The SMILES string of the molecule is O=C(NCc1ccccc1)Oc1ccc(CCOc2ccccc2)cc1. The Labute approximate surface area is 153 Å². The highest BCUT2D eigenvalue weighted by atomic mass is 16.6. The normalized spacial score (nSPS) is 10.2. The second kappa shape index (κ2) is 9.28. The molecule has 0 aromatic heterocycles. The third-order valence-electron chi connectivity index (χ3n) is 3.82. The van der Waals surface area contributed by atoms with Gasteiger partial charge in [-0.05, 0) is 35.4 Å². The Balaban J connectivity index is 1.41. The third kappa shape index (κ3) is 5.67. The first-order valence-corrected chi connectivity index (χ1v) is 8.56. The van der Waals surface area contributed by atoms with Crippen molar-refractivity contribution in [3.8, 4) is 11.5 Å². The molecule has 0 spiro atoms. The summed E-state index contributed by atoms with van der Waals surface area (Å²) in [5.74, 6) is 1.38. The molecule has 0 fully saturated rings. The molecule has 3 aromatic rings. The van der Waals surface area contributed by atoms with Crippen LogP contribution in [-0.2, 0) is 13.0 Å². The van der Waals surface area contributed by atoms with E-state index in [1.54, 1.807) is 12.1 Å². The molecule has 0 radical (unpaired) electrons. The molecule has 1 N–H and O–H groups in total. The zero-order valence-corrected chi connectivity index (χ0v) is 14.4. The summed E-state index contributed by atoms with van der Waals surface area (Å²) in [6.45, 7) is 1.04. The Hall–Kier alpha value is -3.27. The van der Waals surface area contributed by atoms with Crippen molar-refractivity contribution < 1.29 is 14.3 Å². The molecule has 0 aliphatic heterocycles. The highest BCUT2D eigenvalue weighted by Gasteiger charge is 2.04. The zero-order valence-electron chi connectivity index (χ0n) is 14.4. The number of ether oxygens (including phenoxy) is 2. The number of benzene rings is 3. The van der Waals surface area contributed by atoms with E-state index in [1.165, 1.54) is 0 Å². The molecule has 0 heterocycles. The summed E-state index contributed by atoms with van der Waals surface area (Å²) in [7, 11) is 0. The van der Waals surface area contributed by atoms with Crippen molar-refractivity contribution in [3.63, 3.8) is 0 Å². The van der Waals surface area contributed by atoms with Crippen LogP contribution in [0.25, 0.3) is 0 Å².